The highest BCUT2D eigenvalue weighted by Gasteiger charge is 2.30. The number of nitrogens with zero attached hydrogens (tertiary/aromatic N) is 1. The van der Waals surface area contributed by atoms with E-state index in [2.05, 4.69) is 0 Å². The van der Waals surface area contributed by atoms with Gasteiger partial charge in [-0.3, -0.25) is 4.79 Å². The van der Waals surface area contributed by atoms with Crippen LogP contribution in [0.1, 0.15) is 10.4 Å². The Hall–Kier alpha value is -1.79. The molecule has 1 aromatic rings. The van der Waals surface area contributed by atoms with Gasteiger partial charge in [0.15, 0.2) is 0 Å². The second-order valence-electron chi connectivity index (χ2n) is 4.15. The summed E-state index contributed by atoms with van der Waals surface area (Å²) in [6, 6.07) is 3.74. The third-order valence-corrected chi connectivity index (χ3v) is 3.19. The maximum Gasteiger partial charge on any atom is 0.337 e. The second-order valence-corrected chi connectivity index (χ2v) is 4.59. The molecule has 0 aromatic heterocycles. The lowest BCUT2D eigenvalue weighted by Crippen LogP contribution is -2.53. The first-order valence-electron chi connectivity index (χ1n) is 5.67. The molecule has 0 radical (unpaired) electrons. The fourth-order valence-electron chi connectivity index (χ4n) is 2.05. The van der Waals surface area contributed by atoms with Crippen molar-refractivity contribution in [1.29, 1.82) is 0 Å². The molecule has 102 valence electrons. The zero-order valence-electron chi connectivity index (χ0n) is 10.0. The van der Waals surface area contributed by atoms with Gasteiger partial charge in [-0.05, 0) is 18.2 Å². The molecule has 1 saturated heterocycles. The molecule has 1 aromatic carbocycles. The molecular formula is C12H13ClN2O4. The number of carboxylic acid groups (broad SMARTS) is 1. The first kappa shape index (κ1) is 13.6. The minimum absolute atomic E-state index is 0.0811. The number of primary amides is 1. The van der Waals surface area contributed by atoms with Crippen LogP contribution in [0.3, 0.4) is 0 Å². The molecule has 2 rings (SSSR count). The lowest BCUT2D eigenvalue weighted by molar-refractivity contribution is -0.121. The van der Waals surface area contributed by atoms with Gasteiger partial charge in [-0.1, -0.05) is 11.6 Å². The van der Waals surface area contributed by atoms with Crippen LogP contribution in [0, 0.1) is 0 Å². The molecule has 6 nitrogen and oxygen atoms in total. The Balaban J connectivity index is 2.46. The van der Waals surface area contributed by atoms with E-state index in [1.807, 2.05) is 0 Å². The average molecular weight is 285 g/mol. The van der Waals surface area contributed by atoms with Crippen molar-refractivity contribution in [2.75, 3.05) is 24.7 Å². The number of morpholine rings is 1. The molecule has 0 aliphatic carbocycles. The van der Waals surface area contributed by atoms with Gasteiger partial charge in [0.2, 0.25) is 5.91 Å². The Labute approximate surface area is 114 Å². The van der Waals surface area contributed by atoms with Crippen LogP contribution in [0.5, 0.6) is 0 Å². The van der Waals surface area contributed by atoms with E-state index in [4.69, 9.17) is 22.1 Å². The number of amides is 1. The Morgan fingerprint density at radius 2 is 2.21 bits per heavy atom. The van der Waals surface area contributed by atoms with Crippen molar-refractivity contribution >= 4 is 29.2 Å². The first-order chi connectivity index (χ1) is 9.00. The monoisotopic (exact) mass is 284 g/mol. The molecule has 1 atom stereocenters. The van der Waals surface area contributed by atoms with Crippen LogP contribution in [0.2, 0.25) is 5.02 Å². The molecule has 1 heterocycles. The van der Waals surface area contributed by atoms with Gasteiger partial charge in [-0.15, -0.1) is 0 Å². The summed E-state index contributed by atoms with van der Waals surface area (Å²) in [6.45, 7) is 0.921. The summed E-state index contributed by atoms with van der Waals surface area (Å²) in [5.41, 5.74) is 5.78. The van der Waals surface area contributed by atoms with E-state index in [0.717, 1.165) is 0 Å². The van der Waals surface area contributed by atoms with E-state index in [1.165, 1.54) is 18.2 Å². The van der Waals surface area contributed by atoms with Gasteiger partial charge in [0.05, 0.1) is 24.5 Å². The maximum absolute atomic E-state index is 11.4. The van der Waals surface area contributed by atoms with E-state index in [0.29, 0.717) is 23.9 Å². The largest absolute Gasteiger partial charge is 0.478 e. The van der Waals surface area contributed by atoms with Crippen LogP contribution >= 0.6 is 11.6 Å². The van der Waals surface area contributed by atoms with Gasteiger partial charge in [-0.2, -0.15) is 0 Å². The molecule has 3 N–H and O–H groups in total. The van der Waals surface area contributed by atoms with E-state index >= 15 is 0 Å². The number of carboxylic acids is 1. The number of carbonyl (C=O) groups excluding carboxylic acids is 1. The van der Waals surface area contributed by atoms with Crippen LogP contribution < -0.4 is 10.6 Å². The Bertz CT molecular complexity index is 520. The Morgan fingerprint density at radius 1 is 1.47 bits per heavy atom. The summed E-state index contributed by atoms with van der Waals surface area (Å²) in [6.07, 6.45) is 0. The van der Waals surface area contributed by atoms with Crippen LogP contribution in [-0.2, 0) is 9.53 Å². The number of hydrogen-bond acceptors (Lipinski definition) is 4. The standard InChI is InChI=1S/C12H13ClN2O4/c13-7-1-2-8(12(17)18)9(5-7)15-3-4-19-6-10(15)11(14)16/h1-2,5,10H,3-4,6H2,(H2,14,16)(H,17,18). The van der Waals surface area contributed by atoms with E-state index in [9.17, 15) is 14.7 Å². The number of benzene rings is 1. The Morgan fingerprint density at radius 3 is 2.84 bits per heavy atom. The van der Waals surface area contributed by atoms with Crippen molar-refractivity contribution in [3.8, 4) is 0 Å². The number of aromatic carboxylic acids is 1. The number of anilines is 1. The molecule has 0 spiro atoms. The third kappa shape index (κ3) is 2.80. The fourth-order valence-corrected chi connectivity index (χ4v) is 2.22. The maximum atomic E-state index is 11.4. The van der Waals surface area contributed by atoms with Crippen molar-refractivity contribution < 1.29 is 19.4 Å². The predicted molar refractivity (Wildman–Crippen MR) is 69.6 cm³/mol. The molecule has 1 amide bonds. The highest BCUT2D eigenvalue weighted by Crippen LogP contribution is 2.28. The van der Waals surface area contributed by atoms with E-state index in [1.54, 1.807) is 4.90 Å². The van der Waals surface area contributed by atoms with Gasteiger partial charge >= 0.3 is 5.97 Å². The van der Waals surface area contributed by atoms with Gasteiger partial charge in [-0.25, -0.2) is 4.79 Å². The van der Waals surface area contributed by atoms with Crippen molar-refractivity contribution in [3.63, 3.8) is 0 Å². The number of carbonyl (C=O) groups is 2. The smallest absolute Gasteiger partial charge is 0.337 e. The minimum Gasteiger partial charge on any atom is -0.478 e. The van der Waals surface area contributed by atoms with E-state index in [-0.39, 0.29) is 12.2 Å². The zero-order chi connectivity index (χ0) is 14.0. The summed E-state index contributed by atoms with van der Waals surface area (Å²) in [5, 5.41) is 9.59. The van der Waals surface area contributed by atoms with Gasteiger partial charge in [0.25, 0.3) is 0 Å². The molecular weight excluding hydrogens is 272 g/mol. The highest BCUT2D eigenvalue weighted by atomic mass is 35.5. The van der Waals surface area contributed by atoms with Crippen LogP contribution in [0.15, 0.2) is 18.2 Å². The molecule has 0 saturated carbocycles. The van der Waals surface area contributed by atoms with Gasteiger partial charge in [0, 0.05) is 11.6 Å². The summed E-state index contributed by atoms with van der Waals surface area (Å²) >= 11 is 5.90. The molecule has 1 aliphatic heterocycles. The van der Waals surface area contributed by atoms with Crippen molar-refractivity contribution in [1.82, 2.24) is 0 Å². The molecule has 1 unspecified atom stereocenters. The number of nitrogens with two attached hydrogens (primary N) is 1. The Kier molecular flexibility index (Phi) is 3.92. The second kappa shape index (κ2) is 5.46. The molecule has 7 heteroatoms. The number of halogens is 1. The van der Waals surface area contributed by atoms with E-state index < -0.39 is 17.9 Å². The fraction of sp³-hybridized carbons (Fsp3) is 0.333. The van der Waals surface area contributed by atoms with Gasteiger partial charge in [0.1, 0.15) is 6.04 Å². The van der Waals surface area contributed by atoms with Crippen molar-refractivity contribution in [2.45, 2.75) is 6.04 Å². The minimum atomic E-state index is -1.08. The summed E-state index contributed by atoms with van der Waals surface area (Å²) in [5.74, 6) is -1.64. The number of rotatable bonds is 3. The number of ether oxygens (including phenoxy) is 1. The molecule has 19 heavy (non-hydrogen) atoms. The number of hydrogen-bond donors (Lipinski definition) is 2. The van der Waals surface area contributed by atoms with Crippen LogP contribution in [0.25, 0.3) is 0 Å². The molecule has 1 aliphatic rings. The predicted octanol–water partition coefficient (Wildman–Crippen LogP) is 0.729. The SMILES string of the molecule is NC(=O)C1COCCN1c1cc(Cl)ccc1C(=O)O. The average Bonchev–Trinajstić information content (AvgIpc) is 2.38. The third-order valence-electron chi connectivity index (χ3n) is 2.96. The highest BCUT2D eigenvalue weighted by molar-refractivity contribution is 6.31. The zero-order valence-corrected chi connectivity index (χ0v) is 10.8. The quantitative estimate of drug-likeness (QED) is 0.853. The molecule has 0 bridgehead atoms. The lowest BCUT2D eigenvalue weighted by Gasteiger charge is -2.36. The van der Waals surface area contributed by atoms with Crippen molar-refractivity contribution in [3.05, 3.63) is 28.8 Å². The van der Waals surface area contributed by atoms with Gasteiger partial charge < -0.3 is 20.5 Å². The van der Waals surface area contributed by atoms with Crippen molar-refractivity contribution in [2.24, 2.45) is 5.73 Å². The van der Waals surface area contributed by atoms with Crippen LogP contribution in [0.4, 0.5) is 5.69 Å². The summed E-state index contributed by atoms with van der Waals surface area (Å²) in [7, 11) is 0. The molecule has 1 fully saturated rings. The van der Waals surface area contributed by atoms with Crippen LogP contribution in [-0.4, -0.2) is 42.8 Å². The summed E-state index contributed by atoms with van der Waals surface area (Å²) < 4.78 is 5.20. The topological polar surface area (TPSA) is 92.9 Å². The normalized spacial score (nSPS) is 19.2. The lowest BCUT2D eigenvalue weighted by atomic mass is 10.1. The summed E-state index contributed by atoms with van der Waals surface area (Å²) in [4.78, 5) is 24.3. The first-order valence-corrected chi connectivity index (χ1v) is 6.05.